The number of carbonyl (C=O) groups is 1. The standard InChI is InChI=1S/C16H24BClN2O3/c1-14(2,3)13(21)19-10-8-9-11(20-12(10)18)17-22-15(4,5)16(6,7)23-17/h8-9H,1-7H3,(H,19,21). The number of pyridine rings is 1. The Labute approximate surface area is 143 Å². The summed E-state index contributed by atoms with van der Waals surface area (Å²) in [6.45, 7) is 13.4. The topological polar surface area (TPSA) is 60.5 Å². The first-order chi connectivity index (χ1) is 10.3. The fourth-order valence-corrected chi connectivity index (χ4v) is 2.15. The van der Waals surface area contributed by atoms with E-state index < -0.39 is 23.7 Å². The number of amides is 1. The molecule has 1 fully saturated rings. The van der Waals surface area contributed by atoms with E-state index in [2.05, 4.69) is 10.3 Å². The molecule has 1 aromatic heterocycles. The highest BCUT2D eigenvalue weighted by Crippen LogP contribution is 2.36. The van der Waals surface area contributed by atoms with Crippen LogP contribution in [0.4, 0.5) is 5.69 Å². The Morgan fingerprint density at radius 3 is 2.13 bits per heavy atom. The minimum atomic E-state index is -0.579. The fraction of sp³-hybridized carbons (Fsp3) is 0.625. The Morgan fingerprint density at radius 1 is 1.17 bits per heavy atom. The second kappa shape index (κ2) is 5.76. The van der Waals surface area contributed by atoms with Gasteiger partial charge in [0, 0.05) is 5.41 Å². The number of nitrogens with zero attached hydrogens (tertiary/aromatic N) is 1. The van der Waals surface area contributed by atoms with Crippen LogP contribution in [0, 0.1) is 5.41 Å². The first-order valence-electron chi connectivity index (χ1n) is 7.67. The molecule has 1 aliphatic heterocycles. The third kappa shape index (κ3) is 3.70. The van der Waals surface area contributed by atoms with Gasteiger partial charge in [-0.3, -0.25) is 4.79 Å². The van der Waals surface area contributed by atoms with Crippen molar-refractivity contribution in [3.8, 4) is 0 Å². The average Bonchev–Trinajstić information content (AvgIpc) is 2.59. The Kier molecular flexibility index (Phi) is 4.57. The number of rotatable bonds is 2. The van der Waals surface area contributed by atoms with Crippen LogP contribution in [0.15, 0.2) is 12.1 Å². The SMILES string of the molecule is CC(C)(C)C(=O)Nc1ccc(B2OC(C)(C)C(C)(C)O2)nc1Cl. The van der Waals surface area contributed by atoms with E-state index in [-0.39, 0.29) is 11.1 Å². The number of aromatic nitrogens is 1. The van der Waals surface area contributed by atoms with Crippen LogP contribution in [0.5, 0.6) is 0 Å². The zero-order valence-corrected chi connectivity index (χ0v) is 15.5. The highest BCUT2D eigenvalue weighted by Gasteiger charge is 2.52. The number of nitrogens with one attached hydrogen (secondary N) is 1. The number of halogens is 1. The molecule has 0 radical (unpaired) electrons. The van der Waals surface area contributed by atoms with Crippen LogP contribution in [0.25, 0.3) is 0 Å². The van der Waals surface area contributed by atoms with E-state index in [0.717, 1.165) is 0 Å². The van der Waals surface area contributed by atoms with E-state index >= 15 is 0 Å². The van der Waals surface area contributed by atoms with Gasteiger partial charge in [0.1, 0.15) is 0 Å². The maximum absolute atomic E-state index is 12.1. The normalized spacial score (nSPS) is 19.7. The van der Waals surface area contributed by atoms with E-state index in [4.69, 9.17) is 20.9 Å². The smallest absolute Gasteiger partial charge is 0.398 e. The first-order valence-corrected chi connectivity index (χ1v) is 8.05. The lowest BCUT2D eigenvalue weighted by Crippen LogP contribution is -2.41. The summed E-state index contributed by atoms with van der Waals surface area (Å²) < 4.78 is 11.9. The van der Waals surface area contributed by atoms with Crippen LogP contribution in [0.2, 0.25) is 5.15 Å². The summed E-state index contributed by atoms with van der Waals surface area (Å²) in [7, 11) is -0.579. The van der Waals surface area contributed by atoms with Crippen molar-refractivity contribution in [2.75, 3.05) is 5.32 Å². The third-order valence-corrected chi connectivity index (χ3v) is 4.58. The van der Waals surface area contributed by atoms with Crippen molar-refractivity contribution in [1.82, 2.24) is 4.98 Å². The molecule has 1 aromatic rings. The van der Waals surface area contributed by atoms with Gasteiger partial charge in [-0.25, -0.2) is 4.98 Å². The molecule has 0 unspecified atom stereocenters. The molecule has 7 heteroatoms. The Hall–Kier alpha value is -1.11. The molecule has 1 aliphatic rings. The summed E-state index contributed by atoms with van der Waals surface area (Å²) in [5.41, 5.74) is -0.321. The van der Waals surface area contributed by atoms with Crippen LogP contribution in [-0.2, 0) is 14.1 Å². The van der Waals surface area contributed by atoms with E-state index in [9.17, 15) is 4.79 Å². The van der Waals surface area contributed by atoms with Crippen LogP contribution in [0.3, 0.4) is 0 Å². The van der Waals surface area contributed by atoms with E-state index in [1.54, 1.807) is 12.1 Å². The van der Waals surface area contributed by atoms with E-state index in [1.165, 1.54) is 0 Å². The van der Waals surface area contributed by atoms with E-state index in [1.807, 2.05) is 48.5 Å². The second-order valence-corrected chi connectivity index (χ2v) is 8.22. The van der Waals surface area contributed by atoms with Gasteiger partial charge in [0.2, 0.25) is 5.91 Å². The molecule has 1 N–H and O–H groups in total. The monoisotopic (exact) mass is 338 g/mol. The quantitative estimate of drug-likeness (QED) is 0.665. The molecule has 126 valence electrons. The molecule has 0 atom stereocenters. The van der Waals surface area contributed by atoms with Crippen LogP contribution >= 0.6 is 11.6 Å². The van der Waals surface area contributed by atoms with Gasteiger partial charge < -0.3 is 14.6 Å². The highest BCUT2D eigenvalue weighted by atomic mass is 35.5. The molecule has 1 saturated heterocycles. The van der Waals surface area contributed by atoms with Crippen molar-refractivity contribution in [3.05, 3.63) is 17.3 Å². The molecule has 2 heterocycles. The van der Waals surface area contributed by atoms with Crippen molar-refractivity contribution in [2.24, 2.45) is 5.41 Å². The van der Waals surface area contributed by atoms with Crippen molar-refractivity contribution in [1.29, 1.82) is 0 Å². The summed E-state index contributed by atoms with van der Waals surface area (Å²) in [6, 6.07) is 3.48. The molecule has 0 bridgehead atoms. The van der Waals surface area contributed by atoms with Gasteiger partial charge in [0.25, 0.3) is 0 Å². The van der Waals surface area contributed by atoms with Gasteiger partial charge in [0.15, 0.2) is 5.15 Å². The zero-order valence-electron chi connectivity index (χ0n) is 14.8. The maximum Gasteiger partial charge on any atom is 0.514 e. The van der Waals surface area contributed by atoms with Crippen molar-refractivity contribution >= 4 is 35.9 Å². The van der Waals surface area contributed by atoms with Crippen molar-refractivity contribution < 1.29 is 14.1 Å². The summed E-state index contributed by atoms with van der Waals surface area (Å²) in [6.07, 6.45) is 0. The molecule has 0 saturated carbocycles. The Bertz CT molecular complexity index is 610. The van der Waals surface area contributed by atoms with Crippen LogP contribution < -0.4 is 10.9 Å². The molecule has 0 aromatic carbocycles. The van der Waals surface area contributed by atoms with Gasteiger partial charge in [0.05, 0.1) is 22.5 Å². The van der Waals surface area contributed by atoms with Gasteiger partial charge in [-0.1, -0.05) is 32.4 Å². The largest absolute Gasteiger partial charge is 0.514 e. The molecule has 2 rings (SSSR count). The number of anilines is 1. The predicted octanol–water partition coefficient (Wildman–Crippen LogP) is 3.02. The molecule has 5 nitrogen and oxygen atoms in total. The molecule has 0 aliphatic carbocycles. The lowest BCUT2D eigenvalue weighted by Gasteiger charge is -2.32. The summed E-state index contributed by atoms with van der Waals surface area (Å²) in [5, 5.41) is 3.00. The van der Waals surface area contributed by atoms with Crippen LogP contribution in [-0.4, -0.2) is 29.2 Å². The highest BCUT2D eigenvalue weighted by molar-refractivity contribution is 6.61. The van der Waals surface area contributed by atoms with E-state index in [0.29, 0.717) is 11.3 Å². The third-order valence-electron chi connectivity index (χ3n) is 4.29. The minimum absolute atomic E-state index is 0.121. The van der Waals surface area contributed by atoms with Gasteiger partial charge in [-0.15, -0.1) is 0 Å². The lowest BCUT2D eigenvalue weighted by molar-refractivity contribution is -0.123. The number of hydrogen-bond acceptors (Lipinski definition) is 4. The van der Waals surface area contributed by atoms with Crippen molar-refractivity contribution in [2.45, 2.75) is 59.7 Å². The second-order valence-electron chi connectivity index (χ2n) is 7.87. The minimum Gasteiger partial charge on any atom is -0.398 e. The summed E-state index contributed by atoms with van der Waals surface area (Å²) >= 11 is 6.21. The van der Waals surface area contributed by atoms with Crippen molar-refractivity contribution in [3.63, 3.8) is 0 Å². The predicted molar refractivity (Wildman–Crippen MR) is 93.0 cm³/mol. The summed E-state index contributed by atoms with van der Waals surface area (Å²) in [5.74, 6) is -0.121. The van der Waals surface area contributed by atoms with Gasteiger partial charge >= 0.3 is 7.12 Å². The fourth-order valence-electron chi connectivity index (χ4n) is 1.95. The molecule has 23 heavy (non-hydrogen) atoms. The maximum atomic E-state index is 12.1. The van der Waals surface area contributed by atoms with Gasteiger partial charge in [-0.05, 0) is 39.8 Å². The molecular weight excluding hydrogens is 314 g/mol. The summed E-state index contributed by atoms with van der Waals surface area (Å²) in [4.78, 5) is 16.4. The molecule has 0 spiro atoms. The Balaban J connectivity index is 2.19. The van der Waals surface area contributed by atoms with Gasteiger partial charge in [-0.2, -0.15) is 0 Å². The molecular formula is C16H24BClN2O3. The Morgan fingerprint density at radius 2 is 1.70 bits per heavy atom. The zero-order chi connectivity index (χ0) is 17.6. The first kappa shape index (κ1) is 18.2. The number of carbonyl (C=O) groups excluding carboxylic acids is 1. The average molecular weight is 339 g/mol. The molecule has 1 amide bonds. The number of hydrogen-bond donors (Lipinski definition) is 1. The van der Waals surface area contributed by atoms with Crippen LogP contribution in [0.1, 0.15) is 48.5 Å². The lowest BCUT2D eigenvalue weighted by atomic mass is 9.84.